The molecule has 0 spiro atoms. The van der Waals surface area contributed by atoms with Gasteiger partial charge in [-0.3, -0.25) is 4.98 Å². The van der Waals surface area contributed by atoms with Gasteiger partial charge >= 0.3 is 0 Å². The molecule has 2 aromatic heterocycles. The van der Waals surface area contributed by atoms with E-state index in [1.54, 1.807) is 12.4 Å². The molecular weight excluding hydrogens is 474 g/mol. The first-order valence-electron chi connectivity index (χ1n) is 11.0. The Morgan fingerprint density at radius 2 is 1.88 bits per heavy atom. The first-order valence-corrected chi connectivity index (χ1v) is 12.5. The first kappa shape index (κ1) is 24.6. The summed E-state index contributed by atoms with van der Waals surface area (Å²) < 4.78 is 38.6. The fourth-order valence-electron chi connectivity index (χ4n) is 3.90. The van der Waals surface area contributed by atoms with Crippen molar-refractivity contribution in [3.8, 4) is 17.1 Å². The highest BCUT2D eigenvalue weighted by molar-refractivity contribution is 7.90. The summed E-state index contributed by atoms with van der Waals surface area (Å²) in [5, 5.41) is -0.228. The zero-order chi connectivity index (χ0) is 23.0. The largest absolute Gasteiger partial charge is 0.473 e. The minimum atomic E-state index is -3.24. The smallest absolute Gasteiger partial charge is 0.242 e. The summed E-state index contributed by atoms with van der Waals surface area (Å²) in [4.78, 5) is 15.6. The molecule has 5 rings (SSSR count). The number of hydrogen-bond acceptors (Lipinski definition) is 8. The molecule has 2 fully saturated rings. The van der Waals surface area contributed by atoms with E-state index in [1.165, 1.54) is 4.31 Å². The van der Waals surface area contributed by atoms with Crippen LogP contribution in [0.25, 0.3) is 22.3 Å². The molecule has 182 valence electrons. The molecule has 1 saturated heterocycles. The molecule has 0 amide bonds. The van der Waals surface area contributed by atoms with Gasteiger partial charge in [0.05, 0.1) is 23.1 Å². The predicted octanol–water partition coefficient (Wildman–Crippen LogP) is 2.44. The van der Waals surface area contributed by atoms with Gasteiger partial charge < -0.3 is 14.4 Å². The number of fused-ring (bicyclic) bond motifs is 1. The van der Waals surface area contributed by atoms with Crippen LogP contribution in [0.3, 0.4) is 0 Å². The summed E-state index contributed by atoms with van der Waals surface area (Å²) >= 11 is 0. The van der Waals surface area contributed by atoms with E-state index in [0.29, 0.717) is 30.1 Å². The molecule has 1 saturated carbocycles. The van der Waals surface area contributed by atoms with Crippen molar-refractivity contribution in [2.24, 2.45) is 0 Å². The van der Waals surface area contributed by atoms with Crippen molar-refractivity contribution in [2.75, 3.05) is 45.3 Å². The van der Waals surface area contributed by atoms with Crippen molar-refractivity contribution < 1.29 is 17.9 Å². The number of benzene rings is 1. The van der Waals surface area contributed by atoms with Crippen molar-refractivity contribution in [2.45, 2.75) is 24.2 Å². The summed E-state index contributed by atoms with van der Waals surface area (Å²) in [6.45, 7) is 1.21. The van der Waals surface area contributed by atoms with E-state index >= 15 is 0 Å². The average Bonchev–Trinajstić information content (AvgIpc) is 3.69. The second kappa shape index (κ2) is 10.0. The van der Waals surface area contributed by atoms with Gasteiger partial charge in [0.15, 0.2) is 5.52 Å². The maximum atomic E-state index is 12.6. The Hall–Kier alpha value is -2.47. The Morgan fingerprint density at radius 3 is 2.59 bits per heavy atom. The molecule has 34 heavy (non-hydrogen) atoms. The molecule has 0 radical (unpaired) electrons. The first-order chi connectivity index (χ1) is 15.9. The van der Waals surface area contributed by atoms with Gasteiger partial charge in [0, 0.05) is 50.8 Å². The fraction of sp³-hybridized carbons (Fsp3) is 0.435. The highest BCUT2D eigenvalue weighted by Gasteiger charge is 2.42. The summed E-state index contributed by atoms with van der Waals surface area (Å²) in [6.07, 6.45) is 4.36. The van der Waals surface area contributed by atoms with Crippen molar-refractivity contribution in [3.63, 3.8) is 0 Å². The Kier molecular flexibility index (Phi) is 7.27. The van der Waals surface area contributed by atoms with Crippen LogP contribution in [0.2, 0.25) is 0 Å². The standard InChI is InChI=1S/C23H27N5O4S.H2S/c1-27(2)17-5-3-16(4-6-17)20-13-21-22(25-10-9-24-21)23(26-20)32-15-18-14-28(11-12-31-18)33(29,30)19-7-8-19;/h3-6,9-10,13,18-19H,7-8,11-12,14-15H2,1-2H3;1H2/t18-;/m0./s1. The zero-order valence-electron chi connectivity index (χ0n) is 19.2. The van der Waals surface area contributed by atoms with Gasteiger partial charge in [-0.1, -0.05) is 12.1 Å². The van der Waals surface area contributed by atoms with Crippen LogP contribution in [-0.2, 0) is 14.8 Å². The number of aromatic nitrogens is 3. The lowest BCUT2D eigenvalue weighted by Gasteiger charge is -2.32. The normalized spacial score (nSPS) is 18.9. The molecule has 1 aliphatic carbocycles. The minimum absolute atomic E-state index is 0. The third-order valence-electron chi connectivity index (χ3n) is 5.92. The van der Waals surface area contributed by atoms with E-state index in [2.05, 4.69) is 9.97 Å². The molecule has 11 heteroatoms. The molecular formula is C23H29N5O4S2. The molecule has 0 N–H and O–H groups in total. The fourth-order valence-corrected chi connectivity index (χ4v) is 5.75. The van der Waals surface area contributed by atoms with E-state index in [1.807, 2.05) is 49.3 Å². The molecule has 1 aliphatic heterocycles. The second-order valence-corrected chi connectivity index (χ2v) is 10.8. The number of rotatable bonds is 7. The van der Waals surface area contributed by atoms with Crippen molar-refractivity contribution >= 4 is 40.2 Å². The number of morpholine rings is 1. The molecule has 0 bridgehead atoms. The van der Waals surface area contributed by atoms with Crippen LogP contribution < -0.4 is 9.64 Å². The topological polar surface area (TPSA) is 97.8 Å². The van der Waals surface area contributed by atoms with E-state index in [9.17, 15) is 8.42 Å². The molecule has 1 aromatic carbocycles. The SMILES string of the molecule is CN(C)c1ccc(-c2cc3nccnc3c(OC[C@@H]3CN(S(=O)(=O)C4CC4)CCO3)n2)cc1.S. The highest BCUT2D eigenvalue weighted by atomic mass is 32.2. The van der Waals surface area contributed by atoms with Crippen LogP contribution in [0, 0.1) is 0 Å². The van der Waals surface area contributed by atoms with Crippen LogP contribution in [0.4, 0.5) is 5.69 Å². The Labute approximate surface area is 206 Å². The summed E-state index contributed by atoms with van der Waals surface area (Å²) in [5.74, 6) is 0.359. The van der Waals surface area contributed by atoms with E-state index < -0.39 is 10.0 Å². The lowest BCUT2D eigenvalue weighted by Crippen LogP contribution is -2.48. The molecule has 3 heterocycles. The number of ether oxygens (including phenoxy) is 2. The predicted molar refractivity (Wildman–Crippen MR) is 136 cm³/mol. The van der Waals surface area contributed by atoms with Gasteiger partial charge in [-0.2, -0.15) is 17.8 Å². The third-order valence-corrected chi connectivity index (χ3v) is 8.28. The van der Waals surface area contributed by atoms with Gasteiger partial charge in [-0.15, -0.1) is 0 Å². The van der Waals surface area contributed by atoms with Gasteiger partial charge in [0.25, 0.3) is 0 Å². The Morgan fingerprint density at radius 1 is 1.15 bits per heavy atom. The van der Waals surface area contributed by atoms with Gasteiger partial charge in [-0.25, -0.2) is 18.4 Å². The third kappa shape index (κ3) is 5.12. The number of sulfonamides is 1. The summed E-state index contributed by atoms with van der Waals surface area (Å²) in [6, 6.07) is 9.97. The monoisotopic (exact) mass is 503 g/mol. The lowest BCUT2D eigenvalue weighted by atomic mass is 10.1. The Bertz CT molecular complexity index is 1250. The number of hydrogen-bond donors (Lipinski definition) is 0. The van der Waals surface area contributed by atoms with Crippen molar-refractivity contribution in [3.05, 3.63) is 42.7 Å². The van der Waals surface area contributed by atoms with Crippen molar-refractivity contribution in [1.29, 1.82) is 0 Å². The maximum Gasteiger partial charge on any atom is 0.242 e. The molecule has 3 aromatic rings. The number of anilines is 1. The molecule has 2 aliphatic rings. The second-order valence-electron chi connectivity index (χ2n) is 8.58. The van der Waals surface area contributed by atoms with Gasteiger partial charge in [-0.05, 0) is 31.0 Å². The lowest BCUT2D eigenvalue weighted by molar-refractivity contribution is -0.0254. The Balaban J connectivity index is 0.00000274. The van der Waals surface area contributed by atoms with Crippen molar-refractivity contribution in [1.82, 2.24) is 19.3 Å². The van der Waals surface area contributed by atoms with E-state index in [4.69, 9.17) is 14.5 Å². The zero-order valence-corrected chi connectivity index (χ0v) is 21.0. The van der Waals surface area contributed by atoms with Gasteiger partial charge in [0.1, 0.15) is 12.7 Å². The molecule has 9 nitrogen and oxygen atoms in total. The van der Waals surface area contributed by atoms with E-state index in [-0.39, 0.29) is 38.0 Å². The highest BCUT2D eigenvalue weighted by Crippen LogP contribution is 2.32. The maximum absolute atomic E-state index is 12.6. The summed E-state index contributed by atoms with van der Waals surface area (Å²) in [5.41, 5.74) is 4.00. The van der Waals surface area contributed by atoms with Crippen LogP contribution in [0.1, 0.15) is 12.8 Å². The van der Waals surface area contributed by atoms with Crippen LogP contribution in [0.5, 0.6) is 5.88 Å². The van der Waals surface area contributed by atoms with Crippen LogP contribution >= 0.6 is 13.5 Å². The minimum Gasteiger partial charge on any atom is -0.473 e. The number of pyridine rings is 1. The molecule has 0 unspecified atom stereocenters. The quantitative estimate of drug-likeness (QED) is 0.485. The van der Waals surface area contributed by atoms with E-state index in [0.717, 1.165) is 29.8 Å². The van der Waals surface area contributed by atoms with Crippen LogP contribution in [0.15, 0.2) is 42.7 Å². The average molecular weight is 504 g/mol. The summed E-state index contributed by atoms with van der Waals surface area (Å²) in [7, 11) is 0.755. The molecule has 1 atom stereocenters. The number of nitrogens with zero attached hydrogens (tertiary/aromatic N) is 5. The van der Waals surface area contributed by atoms with Crippen LogP contribution in [-0.4, -0.2) is 79.4 Å². The van der Waals surface area contributed by atoms with Gasteiger partial charge in [0.2, 0.25) is 15.9 Å².